The molecule has 4 aromatic rings. The predicted octanol–water partition coefficient (Wildman–Crippen LogP) is 6.44. The van der Waals surface area contributed by atoms with E-state index in [4.69, 9.17) is 10.5 Å². The van der Waals surface area contributed by atoms with Crippen molar-refractivity contribution in [3.63, 3.8) is 0 Å². The first-order chi connectivity index (χ1) is 19.6. The molecule has 1 heterocycles. The maximum atomic E-state index is 13.1. The molecule has 0 aliphatic carbocycles. The van der Waals surface area contributed by atoms with Gasteiger partial charge in [-0.3, -0.25) is 9.48 Å². The lowest BCUT2D eigenvalue weighted by atomic mass is 9.77. The number of benzene rings is 3. The number of hydrogen-bond acceptors (Lipinski definition) is 5. The third kappa shape index (κ3) is 6.95. The lowest BCUT2D eigenvalue weighted by Gasteiger charge is -2.38. The number of primary amides is 1. The third-order valence-corrected chi connectivity index (χ3v) is 7.23. The van der Waals surface area contributed by atoms with E-state index in [-0.39, 0.29) is 23.8 Å². The summed E-state index contributed by atoms with van der Waals surface area (Å²) in [5.74, 6) is 0.511. The van der Waals surface area contributed by atoms with E-state index in [9.17, 15) is 9.59 Å². The Hall–Kier alpha value is -4.59. The maximum absolute atomic E-state index is 13.1. The van der Waals surface area contributed by atoms with Crippen molar-refractivity contribution in [1.82, 2.24) is 9.78 Å². The maximum Gasteiger partial charge on any atom is 0.404 e. The third-order valence-electron chi connectivity index (χ3n) is 7.23. The SMILES string of the molecule is Cn1ncc(NC(=O)CCCC(OC(N)=O)C(C)(C)C)c1NC(c1ccccc1)(c1ccccc1)c1ccccc1. The van der Waals surface area contributed by atoms with E-state index in [1.165, 1.54) is 0 Å². The van der Waals surface area contributed by atoms with E-state index >= 15 is 0 Å². The molecule has 41 heavy (non-hydrogen) atoms. The Kier molecular flexibility index (Phi) is 9.12. The lowest BCUT2D eigenvalue weighted by Crippen LogP contribution is -2.39. The lowest BCUT2D eigenvalue weighted by molar-refractivity contribution is -0.116. The second kappa shape index (κ2) is 12.7. The molecule has 0 fully saturated rings. The van der Waals surface area contributed by atoms with Crippen molar-refractivity contribution in [3.8, 4) is 0 Å². The summed E-state index contributed by atoms with van der Waals surface area (Å²) in [5.41, 5.74) is 7.89. The number of nitrogens with one attached hydrogen (secondary N) is 2. The molecule has 214 valence electrons. The van der Waals surface area contributed by atoms with Crippen LogP contribution in [0.2, 0.25) is 0 Å². The molecule has 0 bridgehead atoms. The molecule has 1 aromatic heterocycles. The number of hydrogen-bond donors (Lipinski definition) is 3. The van der Waals surface area contributed by atoms with E-state index < -0.39 is 11.6 Å². The largest absolute Gasteiger partial charge is 0.446 e. The number of carbonyl (C=O) groups excluding carboxylic acids is 2. The van der Waals surface area contributed by atoms with Crippen LogP contribution in [0.5, 0.6) is 0 Å². The van der Waals surface area contributed by atoms with E-state index in [1.54, 1.807) is 10.9 Å². The summed E-state index contributed by atoms with van der Waals surface area (Å²) in [6, 6.07) is 30.7. The summed E-state index contributed by atoms with van der Waals surface area (Å²) < 4.78 is 7.03. The molecular weight excluding hydrogens is 514 g/mol. The van der Waals surface area contributed by atoms with E-state index in [2.05, 4.69) is 52.1 Å². The number of rotatable bonds is 11. The molecule has 8 nitrogen and oxygen atoms in total. The Balaban J connectivity index is 1.64. The minimum atomic E-state index is -0.806. The van der Waals surface area contributed by atoms with Gasteiger partial charge < -0.3 is 21.1 Å². The fraction of sp³-hybridized carbons (Fsp3) is 0.303. The van der Waals surface area contributed by atoms with Crippen LogP contribution in [0, 0.1) is 5.41 Å². The Morgan fingerprint density at radius 3 is 1.80 bits per heavy atom. The molecule has 4 rings (SSSR count). The number of nitrogens with two attached hydrogens (primary N) is 1. The summed E-state index contributed by atoms with van der Waals surface area (Å²) in [6.45, 7) is 5.94. The average molecular weight is 554 g/mol. The van der Waals surface area contributed by atoms with Gasteiger partial charge in [-0.2, -0.15) is 5.10 Å². The summed E-state index contributed by atoms with van der Waals surface area (Å²) in [7, 11) is 1.85. The number of aromatic nitrogens is 2. The molecule has 0 radical (unpaired) electrons. The fourth-order valence-electron chi connectivity index (χ4n) is 5.11. The van der Waals surface area contributed by atoms with E-state index in [1.807, 2.05) is 82.4 Å². The Bertz CT molecular complexity index is 1330. The summed E-state index contributed by atoms with van der Waals surface area (Å²) in [5, 5.41) is 11.3. The summed E-state index contributed by atoms with van der Waals surface area (Å²) in [4.78, 5) is 24.5. The van der Waals surface area contributed by atoms with Crippen LogP contribution in [0.15, 0.2) is 97.2 Å². The standard InChI is InChI=1S/C33H39N5O3/c1-32(2,3)28(41-31(34)40)21-14-22-29(39)36-27-23-35-38(4)30(27)37-33(24-15-8-5-9-16-24,25-17-10-6-11-18-25)26-19-12-7-13-20-26/h5-13,15-20,23,28,37H,14,21-22H2,1-4H3,(H2,34,40)(H,36,39). The van der Waals surface area contributed by atoms with Gasteiger partial charge >= 0.3 is 6.09 Å². The van der Waals surface area contributed by atoms with Crippen LogP contribution < -0.4 is 16.4 Å². The number of amides is 2. The van der Waals surface area contributed by atoms with Gasteiger partial charge in [-0.25, -0.2) is 4.79 Å². The first-order valence-electron chi connectivity index (χ1n) is 13.8. The van der Waals surface area contributed by atoms with Gasteiger partial charge in [0.25, 0.3) is 0 Å². The van der Waals surface area contributed by atoms with Crippen molar-refractivity contribution in [2.75, 3.05) is 10.6 Å². The highest BCUT2D eigenvalue weighted by molar-refractivity contribution is 5.93. The molecule has 2 amide bonds. The molecular formula is C33H39N5O3. The van der Waals surface area contributed by atoms with Crippen LogP contribution in [0.3, 0.4) is 0 Å². The zero-order valence-corrected chi connectivity index (χ0v) is 24.1. The van der Waals surface area contributed by atoms with Crippen molar-refractivity contribution in [1.29, 1.82) is 0 Å². The Labute approximate surface area is 241 Å². The molecule has 1 atom stereocenters. The van der Waals surface area contributed by atoms with Crippen molar-refractivity contribution in [2.24, 2.45) is 18.2 Å². The number of aryl methyl sites for hydroxylation is 1. The highest BCUT2D eigenvalue weighted by Crippen LogP contribution is 2.41. The van der Waals surface area contributed by atoms with E-state index in [0.717, 1.165) is 16.7 Å². The Morgan fingerprint density at radius 2 is 1.37 bits per heavy atom. The quantitative estimate of drug-likeness (QED) is 0.185. The number of ether oxygens (including phenoxy) is 1. The van der Waals surface area contributed by atoms with Gasteiger partial charge in [0, 0.05) is 13.5 Å². The molecule has 0 aliphatic heterocycles. The molecule has 3 aromatic carbocycles. The van der Waals surface area contributed by atoms with Crippen LogP contribution in [-0.2, 0) is 22.1 Å². The smallest absolute Gasteiger partial charge is 0.404 e. The summed E-state index contributed by atoms with van der Waals surface area (Å²) in [6.07, 6.45) is 1.78. The van der Waals surface area contributed by atoms with Crippen molar-refractivity contribution in [3.05, 3.63) is 114 Å². The van der Waals surface area contributed by atoms with Crippen LogP contribution in [-0.4, -0.2) is 27.9 Å². The monoisotopic (exact) mass is 553 g/mol. The Morgan fingerprint density at radius 1 is 0.878 bits per heavy atom. The first-order valence-corrected chi connectivity index (χ1v) is 13.8. The van der Waals surface area contributed by atoms with Gasteiger partial charge in [0.1, 0.15) is 23.1 Å². The van der Waals surface area contributed by atoms with Gasteiger partial charge in [-0.15, -0.1) is 0 Å². The molecule has 0 saturated carbocycles. The second-order valence-electron chi connectivity index (χ2n) is 11.2. The van der Waals surface area contributed by atoms with Gasteiger partial charge in [0.15, 0.2) is 0 Å². The highest BCUT2D eigenvalue weighted by atomic mass is 16.6. The molecule has 1 unspecified atom stereocenters. The van der Waals surface area contributed by atoms with Gasteiger partial charge in [-0.1, -0.05) is 112 Å². The first kappa shape index (κ1) is 29.4. The number of nitrogens with zero attached hydrogens (tertiary/aromatic N) is 2. The highest BCUT2D eigenvalue weighted by Gasteiger charge is 2.38. The molecule has 0 spiro atoms. The molecule has 8 heteroatoms. The minimum Gasteiger partial charge on any atom is -0.446 e. The molecule has 0 saturated heterocycles. The zero-order chi connectivity index (χ0) is 29.5. The fourth-order valence-corrected chi connectivity index (χ4v) is 5.11. The van der Waals surface area contributed by atoms with Gasteiger partial charge in [-0.05, 0) is 34.9 Å². The van der Waals surface area contributed by atoms with Crippen molar-refractivity contribution < 1.29 is 14.3 Å². The van der Waals surface area contributed by atoms with E-state index in [0.29, 0.717) is 24.3 Å². The molecule has 4 N–H and O–H groups in total. The minimum absolute atomic E-state index is 0.155. The van der Waals surface area contributed by atoms with Gasteiger partial charge in [0.2, 0.25) is 5.91 Å². The number of anilines is 2. The predicted molar refractivity (Wildman–Crippen MR) is 162 cm³/mol. The average Bonchev–Trinajstić information content (AvgIpc) is 3.29. The van der Waals surface area contributed by atoms with Crippen LogP contribution in [0.1, 0.15) is 56.7 Å². The second-order valence-corrected chi connectivity index (χ2v) is 11.2. The zero-order valence-electron chi connectivity index (χ0n) is 24.1. The van der Waals surface area contributed by atoms with Crippen LogP contribution >= 0.6 is 0 Å². The summed E-state index contributed by atoms with van der Waals surface area (Å²) >= 11 is 0. The van der Waals surface area contributed by atoms with Crippen molar-refractivity contribution in [2.45, 2.75) is 51.7 Å². The normalized spacial score (nSPS) is 12.4. The van der Waals surface area contributed by atoms with Crippen LogP contribution in [0.4, 0.5) is 16.3 Å². The van der Waals surface area contributed by atoms with Crippen LogP contribution in [0.25, 0.3) is 0 Å². The molecule has 0 aliphatic rings. The number of carbonyl (C=O) groups is 2. The van der Waals surface area contributed by atoms with Gasteiger partial charge in [0.05, 0.1) is 6.20 Å². The topological polar surface area (TPSA) is 111 Å². The van der Waals surface area contributed by atoms with Crippen molar-refractivity contribution >= 4 is 23.5 Å².